The Kier molecular flexibility index (Phi) is 4.64. The molecule has 2 saturated heterocycles. The van der Waals surface area contributed by atoms with Gasteiger partial charge in [0.05, 0.1) is 12.0 Å². The molecule has 7 nitrogen and oxygen atoms in total. The number of nitrogens with zero attached hydrogens (tertiary/aromatic N) is 2. The molecule has 0 bridgehead atoms. The molecule has 0 saturated carbocycles. The first-order valence-electron chi connectivity index (χ1n) is 13.3. The van der Waals surface area contributed by atoms with E-state index in [2.05, 4.69) is 58.7 Å². The lowest BCUT2D eigenvalue weighted by atomic mass is 9.70. The van der Waals surface area contributed by atoms with E-state index in [0.717, 1.165) is 68.4 Å². The van der Waals surface area contributed by atoms with Crippen molar-refractivity contribution in [2.24, 2.45) is 0 Å². The maximum Gasteiger partial charge on any atom is 0.253 e. The van der Waals surface area contributed by atoms with E-state index in [4.69, 9.17) is 14.2 Å². The molecule has 1 spiro atoms. The summed E-state index contributed by atoms with van der Waals surface area (Å²) >= 11 is 0. The van der Waals surface area contributed by atoms with Crippen molar-refractivity contribution < 1.29 is 19.0 Å². The Morgan fingerprint density at radius 2 is 1.81 bits per heavy atom. The number of hydrogen-bond donors (Lipinski definition) is 1. The summed E-state index contributed by atoms with van der Waals surface area (Å²) < 4.78 is 18.5. The molecule has 0 aliphatic carbocycles. The number of rotatable bonds is 3. The van der Waals surface area contributed by atoms with Crippen molar-refractivity contribution in [2.75, 3.05) is 44.3 Å². The number of amides is 1. The van der Waals surface area contributed by atoms with Gasteiger partial charge in [-0.2, -0.15) is 0 Å². The lowest BCUT2D eigenvalue weighted by Crippen LogP contribution is -2.46. The Morgan fingerprint density at radius 3 is 2.68 bits per heavy atom. The van der Waals surface area contributed by atoms with Gasteiger partial charge in [-0.1, -0.05) is 30.3 Å². The van der Waals surface area contributed by atoms with E-state index >= 15 is 0 Å². The summed E-state index contributed by atoms with van der Waals surface area (Å²) in [7, 11) is 0. The number of carbonyl (C=O) groups is 1. The number of piperazine rings is 1. The average Bonchev–Trinajstić information content (AvgIpc) is 3.49. The maximum atomic E-state index is 12.9. The van der Waals surface area contributed by atoms with Crippen LogP contribution >= 0.6 is 0 Å². The van der Waals surface area contributed by atoms with E-state index in [1.807, 2.05) is 17.0 Å². The van der Waals surface area contributed by atoms with Crippen LogP contribution in [0.4, 0.5) is 5.69 Å². The molecular weight excluding hydrogens is 466 g/mol. The number of anilines is 1. The summed E-state index contributed by atoms with van der Waals surface area (Å²) in [6.07, 6.45) is 0.975. The van der Waals surface area contributed by atoms with Crippen molar-refractivity contribution in [1.82, 2.24) is 10.2 Å². The standard InChI is InChI=1S/C30H29N3O4/c34-28(32-12-10-31-11-13-32)20-7-5-19(6-8-20)17-33-24-4-2-1-3-22(24)30(27-29(33)37-27)18-36-26-16-25-21(9-14-35-25)15-23(26)30/h1-8,15-16,27,29,31H,9-14,17-18H2. The fourth-order valence-corrected chi connectivity index (χ4v) is 6.67. The van der Waals surface area contributed by atoms with Crippen LogP contribution in [0.1, 0.15) is 32.6 Å². The van der Waals surface area contributed by atoms with Gasteiger partial charge in [-0.15, -0.1) is 0 Å². The van der Waals surface area contributed by atoms with Gasteiger partial charge in [0.2, 0.25) is 0 Å². The van der Waals surface area contributed by atoms with Crippen LogP contribution in [0.3, 0.4) is 0 Å². The Morgan fingerprint density at radius 1 is 0.973 bits per heavy atom. The minimum Gasteiger partial charge on any atom is -0.493 e. The summed E-state index contributed by atoms with van der Waals surface area (Å²) in [5.41, 5.74) is 6.55. The predicted molar refractivity (Wildman–Crippen MR) is 138 cm³/mol. The summed E-state index contributed by atoms with van der Waals surface area (Å²) in [6.45, 7) is 5.27. The van der Waals surface area contributed by atoms with Gasteiger partial charge >= 0.3 is 0 Å². The molecular formula is C30H29N3O4. The summed E-state index contributed by atoms with van der Waals surface area (Å²) in [4.78, 5) is 17.2. The first-order chi connectivity index (χ1) is 18.2. The van der Waals surface area contributed by atoms with E-state index in [1.165, 1.54) is 22.4 Å². The second-order valence-electron chi connectivity index (χ2n) is 10.6. The zero-order chi connectivity index (χ0) is 24.6. The van der Waals surface area contributed by atoms with E-state index in [9.17, 15) is 4.79 Å². The number of epoxide rings is 1. The third kappa shape index (κ3) is 3.17. The monoisotopic (exact) mass is 495 g/mol. The van der Waals surface area contributed by atoms with Crippen molar-refractivity contribution in [1.29, 1.82) is 0 Å². The van der Waals surface area contributed by atoms with Gasteiger partial charge in [-0.25, -0.2) is 0 Å². The van der Waals surface area contributed by atoms with Crippen LogP contribution < -0.4 is 19.7 Å². The minimum atomic E-state index is -0.301. The van der Waals surface area contributed by atoms with Crippen molar-refractivity contribution in [3.8, 4) is 11.5 Å². The SMILES string of the molecule is O=C(c1ccc(CN2c3ccccc3C3(COc4cc5c(cc43)CCO5)C3OC32)cc1)N1CCNCC1. The summed E-state index contributed by atoms with van der Waals surface area (Å²) in [6, 6.07) is 21.1. The molecule has 8 rings (SSSR count). The zero-order valence-corrected chi connectivity index (χ0v) is 20.6. The highest BCUT2D eigenvalue weighted by molar-refractivity contribution is 5.94. The van der Waals surface area contributed by atoms with Gasteiger partial charge in [-0.3, -0.25) is 4.79 Å². The van der Waals surface area contributed by atoms with Crippen molar-refractivity contribution in [3.05, 3.63) is 88.5 Å². The van der Waals surface area contributed by atoms with E-state index in [-0.39, 0.29) is 23.7 Å². The van der Waals surface area contributed by atoms with E-state index in [1.54, 1.807) is 0 Å². The van der Waals surface area contributed by atoms with Gasteiger partial charge in [0.15, 0.2) is 6.23 Å². The Labute approximate surface area is 215 Å². The first kappa shape index (κ1) is 21.5. The number of nitrogens with one attached hydrogen (secondary N) is 1. The zero-order valence-electron chi connectivity index (χ0n) is 20.6. The number of hydrogen-bond acceptors (Lipinski definition) is 6. The highest BCUT2D eigenvalue weighted by atomic mass is 16.6. The van der Waals surface area contributed by atoms with Crippen LogP contribution in [0.5, 0.6) is 11.5 Å². The Bertz CT molecular complexity index is 1400. The molecule has 1 amide bonds. The fraction of sp³-hybridized carbons (Fsp3) is 0.367. The number of benzene rings is 3. The second kappa shape index (κ2) is 7.97. The molecule has 1 N–H and O–H groups in total. The van der Waals surface area contributed by atoms with Crippen LogP contribution in [0.25, 0.3) is 0 Å². The third-order valence-electron chi connectivity index (χ3n) is 8.64. The molecule has 3 unspecified atom stereocenters. The molecule has 0 aromatic heterocycles. The molecule has 0 radical (unpaired) electrons. The highest BCUT2D eigenvalue weighted by Crippen LogP contribution is 2.60. The van der Waals surface area contributed by atoms with Crippen molar-refractivity contribution >= 4 is 11.6 Å². The minimum absolute atomic E-state index is 0.00360. The van der Waals surface area contributed by atoms with Crippen LogP contribution in [-0.4, -0.2) is 62.5 Å². The van der Waals surface area contributed by atoms with Crippen LogP contribution in [0.2, 0.25) is 0 Å². The molecule has 5 aliphatic rings. The smallest absolute Gasteiger partial charge is 0.253 e. The van der Waals surface area contributed by atoms with Gasteiger partial charge < -0.3 is 29.3 Å². The number of ether oxygens (including phenoxy) is 3. The van der Waals surface area contributed by atoms with E-state index < -0.39 is 0 Å². The van der Waals surface area contributed by atoms with Crippen LogP contribution in [-0.2, 0) is 23.1 Å². The normalized spacial score (nSPS) is 26.6. The second-order valence-corrected chi connectivity index (χ2v) is 10.6. The van der Waals surface area contributed by atoms with Crippen LogP contribution in [0, 0.1) is 0 Å². The summed E-state index contributed by atoms with van der Waals surface area (Å²) in [5, 5.41) is 3.30. The first-order valence-corrected chi connectivity index (χ1v) is 13.3. The Hall–Kier alpha value is -3.55. The molecule has 2 fully saturated rings. The third-order valence-corrected chi connectivity index (χ3v) is 8.64. The van der Waals surface area contributed by atoms with Gasteiger partial charge in [0.25, 0.3) is 5.91 Å². The van der Waals surface area contributed by atoms with Gasteiger partial charge in [0, 0.05) is 62.0 Å². The number of carbonyl (C=O) groups excluding carboxylic acids is 1. The number of fused-ring (bicyclic) bond motifs is 7. The lowest BCUT2D eigenvalue weighted by molar-refractivity contribution is 0.0736. The summed E-state index contributed by atoms with van der Waals surface area (Å²) in [5.74, 6) is 1.98. The van der Waals surface area contributed by atoms with Crippen molar-refractivity contribution in [3.63, 3.8) is 0 Å². The highest BCUT2D eigenvalue weighted by Gasteiger charge is 2.66. The molecule has 5 heterocycles. The predicted octanol–water partition coefficient (Wildman–Crippen LogP) is 3.09. The fourth-order valence-electron chi connectivity index (χ4n) is 6.67. The Balaban J connectivity index is 1.11. The van der Waals surface area contributed by atoms with Crippen molar-refractivity contribution in [2.45, 2.75) is 30.7 Å². The lowest BCUT2D eigenvalue weighted by Gasteiger charge is -2.38. The number of para-hydroxylation sites is 1. The molecule has 188 valence electrons. The molecule has 3 aromatic rings. The molecule has 5 aliphatic heterocycles. The van der Waals surface area contributed by atoms with E-state index in [0.29, 0.717) is 6.61 Å². The maximum absolute atomic E-state index is 12.9. The van der Waals surface area contributed by atoms with Gasteiger partial charge in [-0.05, 0) is 41.0 Å². The van der Waals surface area contributed by atoms with Gasteiger partial charge in [0.1, 0.15) is 24.2 Å². The molecule has 7 heteroatoms. The topological polar surface area (TPSA) is 66.6 Å². The molecule has 3 atom stereocenters. The quantitative estimate of drug-likeness (QED) is 0.564. The molecule has 3 aromatic carbocycles. The molecule has 37 heavy (non-hydrogen) atoms. The average molecular weight is 496 g/mol. The van der Waals surface area contributed by atoms with Crippen LogP contribution in [0.15, 0.2) is 60.7 Å². The largest absolute Gasteiger partial charge is 0.493 e.